The molecule has 0 aliphatic carbocycles. The van der Waals surface area contributed by atoms with Crippen molar-refractivity contribution in [3.63, 3.8) is 0 Å². The van der Waals surface area contributed by atoms with E-state index >= 15 is 0 Å². The van der Waals surface area contributed by atoms with Crippen molar-refractivity contribution in [2.24, 2.45) is 0 Å². The predicted octanol–water partition coefficient (Wildman–Crippen LogP) is 3.55. The van der Waals surface area contributed by atoms with E-state index in [0.29, 0.717) is 23.4 Å². The quantitative estimate of drug-likeness (QED) is 0.539. The van der Waals surface area contributed by atoms with Crippen molar-refractivity contribution < 1.29 is 9.22 Å². The van der Waals surface area contributed by atoms with E-state index in [1.165, 1.54) is 0 Å². The fraction of sp³-hybridized carbons (Fsp3) is 0.900. The molecule has 0 aliphatic heterocycles. The zero-order valence-electron chi connectivity index (χ0n) is 9.76. The summed E-state index contributed by atoms with van der Waals surface area (Å²) in [6, 6.07) is 0. The maximum absolute atomic E-state index is 11.4. The SMILES string of the molecule is CC(C)[Si](C)(OC(=O)CCCl)C(C)C. The highest BCUT2D eigenvalue weighted by Crippen LogP contribution is 2.33. The average Bonchev–Trinajstić information content (AvgIpc) is 2.03. The molecule has 0 aromatic rings. The first-order valence-corrected chi connectivity index (χ1v) is 8.22. The highest BCUT2D eigenvalue weighted by atomic mass is 35.5. The Hall–Kier alpha value is -0.0231. The number of carbonyl (C=O) groups excluding carboxylic acids is 1. The summed E-state index contributed by atoms with van der Waals surface area (Å²) in [7, 11) is -1.91. The van der Waals surface area contributed by atoms with Crippen molar-refractivity contribution in [2.75, 3.05) is 5.88 Å². The van der Waals surface area contributed by atoms with Crippen LogP contribution in [0.5, 0.6) is 0 Å². The third-order valence-electron chi connectivity index (χ3n) is 2.93. The van der Waals surface area contributed by atoms with Gasteiger partial charge < -0.3 is 4.43 Å². The van der Waals surface area contributed by atoms with Crippen molar-refractivity contribution in [1.29, 1.82) is 0 Å². The van der Waals surface area contributed by atoms with Gasteiger partial charge in [-0.3, -0.25) is 4.79 Å². The van der Waals surface area contributed by atoms with E-state index in [1.54, 1.807) is 0 Å². The lowest BCUT2D eigenvalue weighted by atomic mass is 10.5. The van der Waals surface area contributed by atoms with Crippen LogP contribution >= 0.6 is 11.6 Å². The molecule has 0 aliphatic rings. The fourth-order valence-electron chi connectivity index (χ4n) is 1.28. The number of carbonyl (C=O) groups is 1. The number of halogens is 1. The van der Waals surface area contributed by atoms with Crippen LogP contribution in [0.25, 0.3) is 0 Å². The summed E-state index contributed by atoms with van der Waals surface area (Å²) < 4.78 is 5.62. The van der Waals surface area contributed by atoms with Crippen molar-refractivity contribution in [1.82, 2.24) is 0 Å². The molecule has 0 N–H and O–H groups in total. The molecule has 0 aromatic heterocycles. The van der Waals surface area contributed by atoms with Crippen molar-refractivity contribution in [3.8, 4) is 0 Å². The molecule has 4 heteroatoms. The maximum Gasteiger partial charge on any atom is 0.293 e. The normalized spacial score (nSPS) is 12.3. The summed E-state index contributed by atoms with van der Waals surface area (Å²) >= 11 is 5.50. The monoisotopic (exact) mass is 236 g/mol. The Balaban J connectivity index is 4.45. The zero-order valence-corrected chi connectivity index (χ0v) is 11.5. The van der Waals surface area contributed by atoms with Crippen LogP contribution in [0, 0.1) is 0 Å². The lowest BCUT2D eigenvalue weighted by Crippen LogP contribution is -2.43. The molecule has 0 rings (SSSR count). The van der Waals surface area contributed by atoms with Gasteiger partial charge in [-0.15, -0.1) is 11.6 Å². The first-order chi connectivity index (χ1) is 6.34. The third-order valence-corrected chi connectivity index (χ3v) is 8.37. The minimum atomic E-state index is -1.91. The van der Waals surface area contributed by atoms with Crippen LogP contribution in [0.4, 0.5) is 0 Å². The molecule has 0 fully saturated rings. The van der Waals surface area contributed by atoms with Gasteiger partial charge in [0, 0.05) is 5.88 Å². The minimum Gasteiger partial charge on any atom is -0.519 e. The second-order valence-corrected chi connectivity index (χ2v) is 9.67. The molecule has 0 radical (unpaired) electrons. The summed E-state index contributed by atoms with van der Waals surface area (Å²) in [6.45, 7) is 10.6. The van der Waals surface area contributed by atoms with Crippen LogP contribution in [0.15, 0.2) is 0 Å². The molecule has 0 unspecified atom stereocenters. The van der Waals surface area contributed by atoms with Gasteiger partial charge in [0.2, 0.25) is 0 Å². The fourth-order valence-corrected chi connectivity index (χ4v) is 3.83. The van der Waals surface area contributed by atoms with Gasteiger partial charge in [0.1, 0.15) is 0 Å². The highest BCUT2D eigenvalue weighted by molar-refractivity contribution is 6.76. The zero-order chi connectivity index (χ0) is 11.4. The van der Waals surface area contributed by atoms with E-state index in [0.717, 1.165) is 0 Å². The third kappa shape index (κ3) is 3.62. The first-order valence-electron chi connectivity index (χ1n) is 5.12. The van der Waals surface area contributed by atoms with Gasteiger partial charge in [-0.2, -0.15) is 0 Å². The Labute approximate surface area is 93.1 Å². The van der Waals surface area contributed by atoms with Crippen LogP contribution in [0.2, 0.25) is 17.6 Å². The van der Waals surface area contributed by atoms with Crippen LogP contribution in [0.1, 0.15) is 34.1 Å². The summed E-state index contributed by atoms with van der Waals surface area (Å²) in [6.07, 6.45) is 0.323. The summed E-state index contributed by atoms with van der Waals surface area (Å²) in [5.74, 6) is 0.205. The first kappa shape index (κ1) is 14.0. The molecule has 14 heavy (non-hydrogen) atoms. The molecule has 0 bridgehead atoms. The molecular formula is C10H21ClO2Si. The molecule has 0 spiro atoms. The summed E-state index contributed by atoms with van der Waals surface area (Å²) in [5, 5.41) is 0. The molecule has 0 saturated heterocycles. The molecule has 0 aromatic carbocycles. The lowest BCUT2D eigenvalue weighted by Gasteiger charge is -2.34. The molecule has 0 heterocycles. The molecule has 0 atom stereocenters. The molecule has 0 saturated carbocycles. The van der Waals surface area contributed by atoms with E-state index in [4.69, 9.17) is 16.0 Å². The minimum absolute atomic E-state index is 0.142. The smallest absolute Gasteiger partial charge is 0.293 e. The Morgan fingerprint density at radius 1 is 1.29 bits per heavy atom. The Kier molecular flexibility index (Phi) is 5.75. The van der Waals surface area contributed by atoms with Gasteiger partial charge in [0.25, 0.3) is 14.3 Å². The second kappa shape index (κ2) is 5.76. The van der Waals surface area contributed by atoms with Gasteiger partial charge in [-0.25, -0.2) is 0 Å². The van der Waals surface area contributed by atoms with E-state index < -0.39 is 8.32 Å². The number of alkyl halides is 1. The standard InChI is InChI=1S/C10H21ClO2Si/c1-8(2)14(5,9(3)4)13-10(12)6-7-11/h8-9H,6-7H2,1-5H3. The van der Waals surface area contributed by atoms with Gasteiger partial charge in [-0.1, -0.05) is 27.7 Å². The Morgan fingerprint density at radius 3 is 2.00 bits per heavy atom. The van der Waals surface area contributed by atoms with Crippen LogP contribution in [-0.2, 0) is 9.22 Å². The van der Waals surface area contributed by atoms with Gasteiger partial charge in [0.05, 0.1) is 6.42 Å². The van der Waals surface area contributed by atoms with Gasteiger partial charge in [0.15, 0.2) is 0 Å². The summed E-state index contributed by atoms with van der Waals surface area (Å²) in [5.41, 5.74) is 0.892. The van der Waals surface area contributed by atoms with E-state index in [9.17, 15) is 4.79 Å². The number of hydrogen-bond acceptors (Lipinski definition) is 2. The predicted molar refractivity (Wildman–Crippen MR) is 63.2 cm³/mol. The largest absolute Gasteiger partial charge is 0.519 e. The molecule has 84 valence electrons. The second-order valence-electron chi connectivity index (χ2n) is 4.41. The molecule has 2 nitrogen and oxygen atoms in total. The van der Waals surface area contributed by atoms with Gasteiger partial charge in [-0.05, 0) is 17.6 Å². The lowest BCUT2D eigenvalue weighted by molar-refractivity contribution is -0.135. The van der Waals surface area contributed by atoms with Gasteiger partial charge >= 0.3 is 0 Å². The highest BCUT2D eigenvalue weighted by Gasteiger charge is 2.39. The number of hydrogen-bond donors (Lipinski definition) is 0. The van der Waals surface area contributed by atoms with E-state index in [2.05, 4.69) is 34.2 Å². The Morgan fingerprint density at radius 2 is 1.71 bits per heavy atom. The van der Waals surface area contributed by atoms with Crippen LogP contribution < -0.4 is 0 Å². The van der Waals surface area contributed by atoms with Crippen LogP contribution in [0.3, 0.4) is 0 Å². The maximum atomic E-state index is 11.4. The van der Waals surface area contributed by atoms with E-state index in [1.807, 2.05) is 0 Å². The topological polar surface area (TPSA) is 26.3 Å². The summed E-state index contributed by atoms with van der Waals surface area (Å²) in [4.78, 5) is 11.4. The van der Waals surface area contributed by atoms with Crippen molar-refractivity contribution in [2.45, 2.75) is 51.7 Å². The van der Waals surface area contributed by atoms with Crippen molar-refractivity contribution >= 4 is 25.9 Å². The molecule has 0 amide bonds. The average molecular weight is 237 g/mol. The van der Waals surface area contributed by atoms with Crippen LogP contribution in [-0.4, -0.2) is 20.2 Å². The van der Waals surface area contributed by atoms with Crippen molar-refractivity contribution in [3.05, 3.63) is 0 Å². The molecular weight excluding hydrogens is 216 g/mol. The van der Waals surface area contributed by atoms with E-state index in [-0.39, 0.29) is 5.97 Å². The number of rotatable bonds is 5. The Bertz CT molecular complexity index is 185.